The quantitative estimate of drug-likeness (QED) is 0.847. The van der Waals surface area contributed by atoms with Gasteiger partial charge in [0.1, 0.15) is 0 Å². The molecule has 1 unspecified atom stereocenters. The highest BCUT2D eigenvalue weighted by molar-refractivity contribution is 5.68. The van der Waals surface area contributed by atoms with Gasteiger partial charge in [-0.25, -0.2) is 0 Å². The molecule has 1 heterocycles. The minimum absolute atomic E-state index is 0.145. The van der Waals surface area contributed by atoms with Gasteiger partial charge in [0, 0.05) is 31.7 Å². The fourth-order valence-corrected chi connectivity index (χ4v) is 3.86. The van der Waals surface area contributed by atoms with Gasteiger partial charge in [-0.1, -0.05) is 19.3 Å². The number of carboxylic acids is 1. The van der Waals surface area contributed by atoms with Crippen molar-refractivity contribution in [3.63, 3.8) is 0 Å². The summed E-state index contributed by atoms with van der Waals surface area (Å²) in [5.74, 6) is -0.0900. The molecule has 0 aromatic heterocycles. The first-order chi connectivity index (χ1) is 9.02. The standard InChI is InChI=1S/C15H28N2O2/c1-15(12-14(18)19,13-6-4-3-5-7-13)17-10-8-16(2)9-11-17/h13H,3-12H2,1-2H3,(H,18,19). The lowest BCUT2D eigenvalue weighted by atomic mass is 9.72. The topological polar surface area (TPSA) is 43.8 Å². The maximum absolute atomic E-state index is 11.3. The highest BCUT2D eigenvalue weighted by Crippen LogP contribution is 2.39. The second-order valence-electron chi connectivity index (χ2n) is 6.55. The first kappa shape index (κ1) is 14.8. The Hall–Kier alpha value is -0.610. The number of likely N-dealkylation sites (N-methyl/N-ethyl adjacent to an activating group) is 1. The third-order valence-corrected chi connectivity index (χ3v) is 5.22. The van der Waals surface area contributed by atoms with Crippen LogP contribution in [0.2, 0.25) is 0 Å². The van der Waals surface area contributed by atoms with Gasteiger partial charge in [-0.2, -0.15) is 0 Å². The van der Waals surface area contributed by atoms with Gasteiger partial charge in [-0.05, 0) is 32.7 Å². The van der Waals surface area contributed by atoms with Crippen LogP contribution < -0.4 is 0 Å². The molecule has 0 amide bonds. The molecule has 1 aliphatic carbocycles. The zero-order valence-corrected chi connectivity index (χ0v) is 12.4. The molecule has 2 fully saturated rings. The molecule has 1 atom stereocenters. The van der Waals surface area contributed by atoms with Crippen LogP contribution in [0.5, 0.6) is 0 Å². The molecule has 1 saturated heterocycles. The number of rotatable bonds is 4. The van der Waals surface area contributed by atoms with Crippen LogP contribution in [0.1, 0.15) is 45.4 Å². The minimum Gasteiger partial charge on any atom is -0.481 e. The molecule has 4 nitrogen and oxygen atoms in total. The van der Waals surface area contributed by atoms with Gasteiger partial charge >= 0.3 is 5.97 Å². The van der Waals surface area contributed by atoms with Crippen molar-refractivity contribution in [3.05, 3.63) is 0 Å². The third kappa shape index (κ3) is 3.48. The van der Waals surface area contributed by atoms with Crippen molar-refractivity contribution >= 4 is 5.97 Å². The number of hydrogen-bond acceptors (Lipinski definition) is 3. The first-order valence-electron chi connectivity index (χ1n) is 7.68. The Labute approximate surface area is 116 Å². The summed E-state index contributed by atoms with van der Waals surface area (Å²) in [5.41, 5.74) is -0.145. The molecule has 1 N–H and O–H groups in total. The average Bonchev–Trinajstić information content (AvgIpc) is 2.39. The largest absolute Gasteiger partial charge is 0.481 e. The lowest BCUT2D eigenvalue weighted by Gasteiger charge is -2.50. The van der Waals surface area contributed by atoms with Gasteiger partial charge in [0.2, 0.25) is 0 Å². The maximum atomic E-state index is 11.3. The van der Waals surface area contributed by atoms with Crippen LogP contribution in [0.25, 0.3) is 0 Å². The molecule has 0 bridgehead atoms. The molecule has 0 aromatic rings. The van der Waals surface area contributed by atoms with E-state index in [0.29, 0.717) is 12.3 Å². The summed E-state index contributed by atoms with van der Waals surface area (Å²) < 4.78 is 0. The Kier molecular flexibility index (Phi) is 4.85. The molecule has 19 heavy (non-hydrogen) atoms. The SMILES string of the molecule is CN1CCN(C(C)(CC(=O)O)C2CCCCC2)CC1. The van der Waals surface area contributed by atoms with E-state index in [1.807, 2.05) is 0 Å². The monoisotopic (exact) mass is 268 g/mol. The molecular formula is C15H28N2O2. The van der Waals surface area contributed by atoms with Crippen molar-refractivity contribution in [2.24, 2.45) is 5.92 Å². The zero-order chi connectivity index (χ0) is 13.9. The van der Waals surface area contributed by atoms with E-state index < -0.39 is 5.97 Å². The molecule has 0 spiro atoms. The van der Waals surface area contributed by atoms with Gasteiger partial charge in [-0.15, -0.1) is 0 Å². The summed E-state index contributed by atoms with van der Waals surface area (Å²) in [6.07, 6.45) is 6.57. The average molecular weight is 268 g/mol. The number of hydrogen-bond donors (Lipinski definition) is 1. The highest BCUT2D eigenvalue weighted by Gasteiger charge is 2.42. The van der Waals surface area contributed by atoms with E-state index in [9.17, 15) is 9.90 Å². The van der Waals surface area contributed by atoms with Gasteiger partial charge in [0.25, 0.3) is 0 Å². The van der Waals surface area contributed by atoms with Gasteiger partial charge in [0.15, 0.2) is 0 Å². The molecule has 2 rings (SSSR count). The molecule has 110 valence electrons. The molecule has 1 aliphatic heterocycles. The van der Waals surface area contributed by atoms with E-state index in [0.717, 1.165) is 26.2 Å². The van der Waals surface area contributed by atoms with Gasteiger partial charge < -0.3 is 10.0 Å². The Balaban J connectivity index is 2.10. The smallest absolute Gasteiger partial charge is 0.305 e. The summed E-state index contributed by atoms with van der Waals surface area (Å²) in [6.45, 7) is 6.33. The normalized spacial score (nSPS) is 27.1. The first-order valence-corrected chi connectivity index (χ1v) is 7.68. The Bertz CT molecular complexity index is 307. The molecular weight excluding hydrogens is 240 g/mol. The van der Waals surface area contributed by atoms with Crippen LogP contribution in [0.4, 0.5) is 0 Å². The van der Waals surface area contributed by atoms with E-state index in [1.54, 1.807) is 0 Å². The van der Waals surface area contributed by atoms with Crippen LogP contribution in [-0.2, 0) is 4.79 Å². The number of nitrogens with zero attached hydrogens (tertiary/aromatic N) is 2. The Morgan fingerprint density at radius 3 is 2.26 bits per heavy atom. The number of carbonyl (C=O) groups is 1. The predicted molar refractivity (Wildman–Crippen MR) is 76.3 cm³/mol. The summed E-state index contributed by atoms with van der Waals surface area (Å²) in [4.78, 5) is 16.1. The summed E-state index contributed by atoms with van der Waals surface area (Å²) in [7, 11) is 2.15. The van der Waals surface area contributed by atoms with Gasteiger partial charge in [0.05, 0.1) is 6.42 Å². The lowest BCUT2D eigenvalue weighted by Crippen LogP contribution is -2.59. The predicted octanol–water partition coefficient (Wildman–Crippen LogP) is 2.05. The van der Waals surface area contributed by atoms with E-state index in [1.165, 1.54) is 32.1 Å². The zero-order valence-electron chi connectivity index (χ0n) is 12.4. The maximum Gasteiger partial charge on any atom is 0.305 e. The van der Waals surface area contributed by atoms with Crippen molar-refractivity contribution in [1.29, 1.82) is 0 Å². The second kappa shape index (κ2) is 6.23. The van der Waals surface area contributed by atoms with E-state index in [4.69, 9.17) is 0 Å². The number of carboxylic acid groups (broad SMARTS) is 1. The van der Waals surface area contributed by atoms with Crippen molar-refractivity contribution in [2.45, 2.75) is 51.0 Å². The number of piperazine rings is 1. The van der Waals surface area contributed by atoms with E-state index in [2.05, 4.69) is 23.8 Å². The molecule has 1 saturated carbocycles. The second-order valence-corrected chi connectivity index (χ2v) is 6.55. The number of aliphatic carboxylic acids is 1. The van der Waals surface area contributed by atoms with Crippen LogP contribution >= 0.6 is 0 Å². The molecule has 0 aromatic carbocycles. The van der Waals surface area contributed by atoms with Crippen molar-refractivity contribution < 1.29 is 9.90 Å². The van der Waals surface area contributed by atoms with Crippen LogP contribution in [0.15, 0.2) is 0 Å². The molecule has 4 heteroatoms. The molecule has 2 aliphatic rings. The summed E-state index contributed by atoms with van der Waals surface area (Å²) >= 11 is 0. The fourth-order valence-electron chi connectivity index (χ4n) is 3.86. The van der Waals surface area contributed by atoms with E-state index in [-0.39, 0.29) is 5.54 Å². The van der Waals surface area contributed by atoms with Crippen LogP contribution in [0.3, 0.4) is 0 Å². The highest BCUT2D eigenvalue weighted by atomic mass is 16.4. The Morgan fingerprint density at radius 1 is 1.16 bits per heavy atom. The summed E-state index contributed by atoms with van der Waals surface area (Å²) in [5, 5.41) is 9.33. The Morgan fingerprint density at radius 2 is 1.74 bits per heavy atom. The van der Waals surface area contributed by atoms with Crippen LogP contribution in [0, 0.1) is 5.92 Å². The minimum atomic E-state index is -0.646. The molecule has 0 radical (unpaired) electrons. The fraction of sp³-hybridized carbons (Fsp3) is 0.933. The van der Waals surface area contributed by atoms with E-state index >= 15 is 0 Å². The van der Waals surface area contributed by atoms with Crippen molar-refractivity contribution in [2.75, 3.05) is 33.2 Å². The third-order valence-electron chi connectivity index (χ3n) is 5.22. The van der Waals surface area contributed by atoms with Gasteiger partial charge in [-0.3, -0.25) is 9.69 Å². The van der Waals surface area contributed by atoms with Crippen molar-refractivity contribution in [1.82, 2.24) is 9.80 Å². The summed E-state index contributed by atoms with van der Waals surface area (Å²) in [6, 6.07) is 0. The van der Waals surface area contributed by atoms with Crippen molar-refractivity contribution in [3.8, 4) is 0 Å². The lowest BCUT2D eigenvalue weighted by molar-refractivity contribution is -0.142. The van der Waals surface area contributed by atoms with Crippen LogP contribution in [-0.4, -0.2) is 59.6 Å².